The summed E-state index contributed by atoms with van der Waals surface area (Å²) in [6.07, 6.45) is 3.07. The maximum absolute atomic E-state index is 13.2. The summed E-state index contributed by atoms with van der Waals surface area (Å²) in [5, 5.41) is 0.507. The Morgan fingerprint density at radius 3 is 2.90 bits per heavy atom. The van der Waals surface area contributed by atoms with Gasteiger partial charge in [-0.25, -0.2) is 4.98 Å². The van der Waals surface area contributed by atoms with Gasteiger partial charge in [0.2, 0.25) is 5.91 Å². The van der Waals surface area contributed by atoms with E-state index in [4.69, 9.17) is 21.3 Å². The number of amides is 2. The molecule has 2 aliphatic heterocycles. The van der Waals surface area contributed by atoms with Crippen LogP contribution in [0.1, 0.15) is 52.7 Å². The lowest BCUT2D eigenvalue weighted by molar-refractivity contribution is -0.136. The Hall–Kier alpha value is -2.71. The number of hydrogen-bond acceptors (Lipinski definition) is 5. The molecule has 31 heavy (non-hydrogen) atoms. The van der Waals surface area contributed by atoms with E-state index in [0.717, 1.165) is 19.3 Å². The first-order chi connectivity index (χ1) is 15.0. The molecular formula is C22H25ClN4O4. The van der Waals surface area contributed by atoms with Crippen LogP contribution in [0, 0.1) is 0 Å². The molecule has 1 N–H and O–H groups in total. The standard InChI is InChI=1S/C22H25ClN4O4/c1-31-13-19(28)26-10-8-17-16(12-26)21(29)25-20(24-17)18-7-2-3-9-27(18)22(30)14-5-4-6-15(23)11-14/h4-6,11,18H,2-3,7-10,12-13H2,1H3,(H,24,25,29)/t18-/m0/s1. The van der Waals surface area contributed by atoms with Gasteiger partial charge in [0, 0.05) is 37.2 Å². The average Bonchev–Trinajstić information content (AvgIpc) is 2.78. The van der Waals surface area contributed by atoms with E-state index in [1.807, 2.05) is 0 Å². The maximum Gasteiger partial charge on any atom is 0.256 e. The van der Waals surface area contributed by atoms with Gasteiger partial charge in [-0.15, -0.1) is 0 Å². The van der Waals surface area contributed by atoms with Gasteiger partial charge < -0.3 is 19.5 Å². The summed E-state index contributed by atoms with van der Waals surface area (Å²) in [5.41, 5.74) is 1.46. The van der Waals surface area contributed by atoms with Crippen molar-refractivity contribution in [1.29, 1.82) is 0 Å². The van der Waals surface area contributed by atoms with Crippen molar-refractivity contribution >= 4 is 23.4 Å². The quantitative estimate of drug-likeness (QED) is 0.780. The van der Waals surface area contributed by atoms with Crippen LogP contribution in [0.4, 0.5) is 0 Å². The maximum atomic E-state index is 13.2. The Balaban J connectivity index is 1.61. The van der Waals surface area contributed by atoms with Crippen molar-refractivity contribution in [3.8, 4) is 0 Å². The molecule has 0 unspecified atom stereocenters. The van der Waals surface area contributed by atoms with Gasteiger partial charge in [-0.3, -0.25) is 14.4 Å². The van der Waals surface area contributed by atoms with Crippen LogP contribution in [-0.4, -0.2) is 58.4 Å². The van der Waals surface area contributed by atoms with E-state index >= 15 is 0 Å². The molecule has 4 rings (SSSR count). The second-order valence-electron chi connectivity index (χ2n) is 7.90. The Bertz CT molecular complexity index is 1050. The number of fused-ring (bicyclic) bond motifs is 1. The van der Waals surface area contributed by atoms with Crippen molar-refractivity contribution in [2.75, 3.05) is 26.8 Å². The van der Waals surface area contributed by atoms with E-state index in [9.17, 15) is 14.4 Å². The lowest BCUT2D eigenvalue weighted by Crippen LogP contribution is -2.43. The van der Waals surface area contributed by atoms with E-state index in [-0.39, 0.29) is 36.6 Å². The number of aromatic amines is 1. The number of aromatic nitrogens is 2. The van der Waals surface area contributed by atoms with E-state index in [0.29, 0.717) is 47.2 Å². The minimum atomic E-state index is -0.300. The highest BCUT2D eigenvalue weighted by Gasteiger charge is 2.32. The molecule has 0 bridgehead atoms. The van der Waals surface area contributed by atoms with Crippen molar-refractivity contribution in [3.63, 3.8) is 0 Å². The molecule has 1 atom stereocenters. The van der Waals surface area contributed by atoms with Gasteiger partial charge in [-0.2, -0.15) is 0 Å². The number of H-pyrrole nitrogens is 1. The summed E-state index contributed by atoms with van der Waals surface area (Å²) in [5.74, 6) is 0.238. The normalized spacial score (nSPS) is 18.6. The van der Waals surface area contributed by atoms with Crippen LogP contribution in [0.15, 0.2) is 29.1 Å². The number of carbonyl (C=O) groups excluding carboxylic acids is 2. The van der Waals surface area contributed by atoms with Gasteiger partial charge in [0.05, 0.1) is 23.8 Å². The zero-order chi connectivity index (χ0) is 22.0. The number of nitrogens with zero attached hydrogens (tertiary/aromatic N) is 3. The van der Waals surface area contributed by atoms with Crippen LogP contribution >= 0.6 is 11.6 Å². The summed E-state index contributed by atoms with van der Waals surface area (Å²) in [6.45, 7) is 1.29. The van der Waals surface area contributed by atoms with E-state index in [2.05, 4.69) is 4.98 Å². The molecule has 1 aromatic heterocycles. The summed E-state index contributed by atoms with van der Waals surface area (Å²) < 4.78 is 4.91. The van der Waals surface area contributed by atoms with Crippen LogP contribution in [-0.2, 0) is 22.5 Å². The monoisotopic (exact) mass is 444 g/mol. The third-order valence-corrected chi connectivity index (χ3v) is 6.09. The number of carbonyl (C=O) groups is 2. The fraction of sp³-hybridized carbons (Fsp3) is 0.455. The second kappa shape index (κ2) is 9.20. The Kier molecular flexibility index (Phi) is 6.38. The highest BCUT2D eigenvalue weighted by atomic mass is 35.5. The number of methoxy groups -OCH3 is 1. The van der Waals surface area contributed by atoms with Crippen molar-refractivity contribution < 1.29 is 14.3 Å². The molecular weight excluding hydrogens is 420 g/mol. The molecule has 0 saturated carbocycles. The van der Waals surface area contributed by atoms with Gasteiger partial charge in [0.25, 0.3) is 11.5 Å². The minimum absolute atomic E-state index is 0.0125. The number of ether oxygens (including phenoxy) is 1. The summed E-state index contributed by atoms with van der Waals surface area (Å²) in [7, 11) is 1.47. The molecule has 1 fully saturated rings. The molecule has 2 aliphatic rings. The second-order valence-corrected chi connectivity index (χ2v) is 8.33. The van der Waals surface area contributed by atoms with Crippen molar-refractivity contribution in [2.24, 2.45) is 0 Å². The third kappa shape index (κ3) is 4.50. The molecule has 3 heterocycles. The number of halogens is 1. The predicted octanol–water partition coefficient (Wildman–Crippen LogP) is 2.32. The summed E-state index contributed by atoms with van der Waals surface area (Å²) in [6, 6.07) is 6.59. The molecule has 2 amide bonds. The number of piperidine rings is 1. The predicted molar refractivity (Wildman–Crippen MR) is 115 cm³/mol. The third-order valence-electron chi connectivity index (χ3n) is 5.86. The first kappa shape index (κ1) is 21.5. The highest BCUT2D eigenvalue weighted by molar-refractivity contribution is 6.30. The van der Waals surface area contributed by atoms with Gasteiger partial charge in [0.15, 0.2) is 0 Å². The van der Waals surface area contributed by atoms with Crippen molar-refractivity contribution in [2.45, 2.75) is 38.3 Å². The summed E-state index contributed by atoms with van der Waals surface area (Å²) >= 11 is 6.07. The van der Waals surface area contributed by atoms with E-state index < -0.39 is 0 Å². The molecule has 8 nitrogen and oxygen atoms in total. The van der Waals surface area contributed by atoms with Gasteiger partial charge >= 0.3 is 0 Å². The van der Waals surface area contributed by atoms with Crippen LogP contribution in [0.3, 0.4) is 0 Å². The SMILES string of the molecule is COCC(=O)N1CCc2nc([C@@H]3CCCCN3C(=O)c3cccc(Cl)c3)[nH]c(=O)c2C1. The number of hydrogen-bond donors (Lipinski definition) is 1. The lowest BCUT2D eigenvalue weighted by Gasteiger charge is -2.36. The van der Waals surface area contributed by atoms with Gasteiger partial charge in [0.1, 0.15) is 12.4 Å². The zero-order valence-corrected chi connectivity index (χ0v) is 18.2. The first-order valence-corrected chi connectivity index (χ1v) is 10.8. The Morgan fingerprint density at radius 2 is 2.13 bits per heavy atom. The van der Waals surface area contributed by atoms with Crippen LogP contribution in [0.25, 0.3) is 0 Å². The molecule has 0 spiro atoms. The van der Waals surface area contributed by atoms with Crippen LogP contribution < -0.4 is 5.56 Å². The van der Waals surface area contributed by atoms with Gasteiger partial charge in [-0.1, -0.05) is 17.7 Å². The lowest BCUT2D eigenvalue weighted by atomic mass is 9.99. The number of rotatable bonds is 4. The zero-order valence-electron chi connectivity index (χ0n) is 17.4. The number of likely N-dealkylation sites (tertiary alicyclic amines) is 1. The topological polar surface area (TPSA) is 95.6 Å². The molecule has 0 radical (unpaired) electrons. The summed E-state index contributed by atoms with van der Waals surface area (Å²) in [4.78, 5) is 49.2. The fourth-order valence-electron chi connectivity index (χ4n) is 4.28. The average molecular weight is 445 g/mol. The highest BCUT2D eigenvalue weighted by Crippen LogP contribution is 2.31. The van der Waals surface area contributed by atoms with E-state index in [1.54, 1.807) is 34.1 Å². The number of nitrogens with one attached hydrogen (secondary N) is 1. The molecule has 164 valence electrons. The molecule has 1 aromatic carbocycles. The first-order valence-electron chi connectivity index (χ1n) is 10.4. The minimum Gasteiger partial charge on any atom is -0.375 e. The van der Waals surface area contributed by atoms with Crippen molar-refractivity contribution in [1.82, 2.24) is 19.8 Å². The van der Waals surface area contributed by atoms with Crippen LogP contribution in [0.2, 0.25) is 5.02 Å². The fourth-order valence-corrected chi connectivity index (χ4v) is 4.47. The Morgan fingerprint density at radius 1 is 1.29 bits per heavy atom. The van der Waals surface area contributed by atoms with Gasteiger partial charge in [-0.05, 0) is 37.5 Å². The van der Waals surface area contributed by atoms with Crippen molar-refractivity contribution in [3.05, 3.63) is 62.3 Å². The molecule has 1 saturated heterocycles. The smallest absolute Gasteiger partial charge is 0.256 e. The number of benzene rings is 1. The molecule has 2 aromatic rings. The largest absolute Gasteiger partial charge is 0.375 e. The molecule has 0 aliphatic carbocycles. The van der Waals surface area contributed by atoms with E-state index in [1.165, 1.54) is 7.11 Å². The Labute approximate surface area is 185 Å². The van der Waals surface area contributed by atoms with Crippen LogP contribution in [0.5, 0.6) is 0 Å². The molecule has 9 heteroatoms.